The highest BCUT2D eigenvalue weighted by Crippen LogP contribution is 2.37. The van der Waals surface area contributed by atoms with Gasteiger partial charge in [-0.1, -0.05) is 12.7 Å². The van der Waals surface area contributed by atoms with Crippen molar-refractivity contribution in [3.63, 3.8) is 0 Å². The highest BCUT2D eigenvalue weighted by atomic mass is 32.1. The van der Waals surface area contributed by atoms with Gasteiger partial charge < -0.3 is 9.72 Å². The Bertz CT molecular complexity index is 698. The summed E-state index contributed by atoms with van der Waals surface area (Å²) in [7, 11) is 0. The van der Waals surface area contributed by atoms with E-state index in [9.17, 15) is 0 Å². The van der Waals surface area contributed by atoms with Crippen molar-refractivity contribution in [2.75, 3.05) is 6.61 Å². The predicted molar refractivity (Wildman–Crippen MR) is 75.4 cm³/mol. The number of nitrogens with one attached hydrogen (secondary N) is 1. The number of hydrogen-bond acceptors (Lipinski definition) is 5. The largest absolute Gasteiger partial charge is 0.479 e. The van der Waals surface area contributed by atoms with Gasteiger partial charge in [-0.25, -0.2) is 15.0 Å². The molecule has 96 valence electrons. The van der Waals surface area contributed by atoms with Crippen LogP contribution in [0.1, 0.15) is 5.56 Å². The van der Waals surface area contributed by atoms with Crippen LogP contribution >= 0.6 is 11.3 Å². The zero-order valence-corrected chi connectivity index (χ0v) is 11.2. The molecule has 0 spiro atoms. The first-order valence-electron chi connectivity index (χ1n) is 5.78. The number of aryl methyl sites for hydroxylation is 1. The summed E-state index contributed by atoms with van der Waals surface area (Å²) in [4.78, 5) is 16.0. The van der Waals surface area contributed by atoms with E-state index in [1.807, 2.05) is 12.3 Å². The number of aromatic amines is 1. The molecule has 3 aromatic heterocycles. The van der Waals surface area contributed by atoms with Crippen LogP contribution in [0.3, 0.4) is 0 Å². The highest BCUT2D eigenvalue weighted by Gasteiger charge is 2.16. The molecule has 0 fully saturated rings. The summed E-state index contributed by atoms with van der Waals surface area (Å²) in [6.07, 6.45) is 4.99. The minimum absolute atomic E-state index is 0.476. The van der Waals surface area contributed by atoms with Gasteiger partial charge in [0.1, 0.15) is 12.4 Å². The van der Waals surface area contributed by atoms with Crippen LogP contribution < -0.4 is 4.74 Å². The predicted octanol–water partition coefficient (Wildman–Crippen LogP) is 2.95. The molecule has 6 heteroatoms. The molecule has 0 aliphatic rings. The normalized spacial score (nSPS) is 10.8. The van der Waals surface area contributed by atoms with Crippen LogP contribution in [-0.2, 0) is 0 Å². The monoisotopic (exact) mass is 272 g/mol. The lowest BCUT2D eigenvalue weighted by Crippen LogP contribution is -1.93. The number of H-pyrrole nitrogens is 1. The molecule has 0 bridgehead atoms. The van der Waals surface area contributed by atoms with Crippen molar-refractivity contribution in [2.24, 2.45) is 0 Å². The summed E-state index contributed by atoms with van der Waals surface area (Å²) in [5, 5.41) is 2.87. The number of rotatable bonds is 4. The van der Waals surface area contributed by atoms with E-state index in [4.69, 9.17) is 4.74 Å². The lowest BCUT2D eigenvalue weighted by Gasteiger charge is -2.03. The molecule has 0 aliphatic carbocycles. The molecule has 0 aromatic carbocycles. The minimum Gasteiger partial charge on any atom is -0.479 e. The molecule has 0 saturated heterocycles. The Morgan fingerprint density at radius 2 is 2.26 bits per heavy atom. The average molecular weight is 272 g/mol. The molecule has 0 unspecified atom stereocenters. The second-order valence-corrected chi connectivity index (χ2v) is 4.84. The number of imidazole rings is 1. The van der Waals surface area contributed by atoms with Crippen molar-refractivity contribution < 1.29 is 4.74 Å². The molecule has 3 heterocycles. The smallest absolute Gasteiger partial charge is 0.197 e. The van der Waals surface area contributed by atoms with Crippen molar-refractivity contribution >= 4 is 22.6 Å². The second kappa shape index (κ2) is 4.81. The van der Waals surface area contributed by atoms with Gasteiger partial charge >= 0.3 is 0 Å². The average Bonchev–Trinajstić information content (AvgIpc) is 2.99. The first-order chi connectivity index (χ1) is 9.29. The third-order valence-electron chi connectivity index (χ3n) is 2.64. The maximum Gasteiger partial charge on any atom is 0.197 e. The zero-order valence-electron chi connectivity index (χ0n) is 10.4. The minimum atomic E-state index is 0.476. The van der Waals surface area contributed by atoms with Crippen molar-refractivity contribution in [3.05, 3.63) is 36.0 Å². The molecule has 0 radical (unpaired) electrons. The van der Waals surface area contributed by atoms with Gasteiger partial charge in [-0.2, -0.15) is 0 Å². The van der Waals surface area contributed by atoms with Gasteiger partial charge in [-0.3, -0.25) is 0 Å². The van der Waals surface area contributed by atoms with Gasteiger partial charge in [0.25, 0.3) is 0 Å². The van der Waals surface area contributed by atoms with Gasteiger partial charge in [0.05, 0.1) is 5.56 Å². The fraction of sp³-hybridized carbons (Fsp3) is 0.154. The van der Waals surface area contributed by atoms with E-state index in [2.05, 4.69) is 26.5 Å². The Morgan fingerprint density at radius 3 is 3.05 bits per heavy atom. The summed E-state index contributed by atoms with van der Waals surface area (Å²) in [6.45, 7) is 6.16. The molecular weight excluding hydrogens is 260 g/mol. The molecule has 0 aliphatic heterocycles. The van der Waals surface area contributed by atoms with Gasteiger partial charge in [-0.05, 0) is 17.9 Å². The van der Waals surface area contributed by atoms with Gasteiger partial charge in [-0.15, -0.1) is 11.3 Å². The molecule has 3 aromatic rings. The summed E-state index contributed by atoms with van der Waals surface area (Å²) >= 11 is 1.55. The Morgan fingerprint density at radius 1 is 1.42 bits per heavy atom. The lowest BCUT2D eigenvalue weighted by atomic mass is 10.2. The van der Waals surface area contributed by atoms with E-state index in [0.29, 0.717) is 17.9 Å². The fourth-order valence-corrected chi connectivity index (χ4v) is 2.72. The van der Waals surface area contributed by atoms with Gasteiger partial charge in [0, 0.05) is 12.4 Å². The van der Waals surface area contributed by atoms with Gasteiger partial charge in [0.15, 0.2) is 16.4 Å². The second-order valence-electron chi connectivity index (χ2n) is 3.99. The zero-order chi connectivity index (χ0) is 13.2. The lowest BCUT2D eigenvalue weighted by molar-refractivity contribution is 0.375. The van der Waals surface area contributed by atoms with Crippen LogP contribution in [0, 0.1) is 6.92 Å². The van der Waals surface area contributed by atoms with Crippen LogP contribution in [0.15, 0.2) is 30.4 Å². The van der Waals surface area contributed by atoms with Gasteiger partial charge in [0.2, 0.25) is 0 Å². The summed E-state index contributed by atoms with van der Waals surface area (Å²) in [6, 6.07) is 0. The van der Waals surface area contributed by atoms with Crippen LogP contribution in [0.25, 0.3) is 22.7 Å². The molecule has 1 N–H and O–H groups in total. The highest BCUT2D eigenvalue weighted by molar-refractivity contribution is 7.12. The molecule has 19 heavy (non-hydrogen) atoms. The Hall–Kier alpha value is -2.21. The molecule has 5 nitrogen and oxygen atoms in total. The first kappa shape index (κ1) is 11.9. The van der Waals surface area contributed by atoms with Crippen molar-refractivity contribution in [1.82, 2.24) is 19.9 Å². The number of nitrogens with zero attached hydrogens (tertiary/aromatic N) is 3. The van der Waals surface area contributed by atoms with Crippen LogP contribution in [0.4, 0.5) is 0 Å². The number of ether oxygens (including phenoxy) is 1. The maximum atomic E-state index is 5.66. The van der Waals surface area contributed by atoms with Crippen molar-refractivity contribution in [2.45, 2.75) is 6.92 Å². The number of aromatic nitrogens is 4. The Kier molecular flexibility index (Phi) is 3.00. The standard InChI is InChI=1S/C13H12N4OS/c1-3-6-18-13-9(8(2)7-19-13)10-16-11-12(17-10)15-5-4-14-11/h3-5,7H,1,6H2,2H3,(H,14,15,16,17). The van der Waals surface area contributed by atoms with E-state index in [1.165, 1.54) is 0 Å². The van der Waals surface area contributed by atoms with Crippen LogP contribution in [-0.4, -0.2) is 26.5 Å². The van der Waals surface area contributed by atoms with E-state index >= 15 is 0 Å². The topological polar surface area (TPSA) is 63.7 Å². The van der Waals surface area contributed by atoms with Crippen molar-refractivity contribution in [3.8, 4) is 16.5 Å². The quantitative estimate of drug-likeness (QED) is 0.742. The number of thiophene rings is 1. The first-order valence-corrected chi connectivity index (χ1v) is 6.66. The third kappa shape index (κ3) is 2.10. The summed E-state index contributed by atoms with van der Waals surface area (Å²) < 4.78 is 5.66. The summed E-state index contributed by atoms with van der Waals surface area (Å²) in [5.74, 6) is 0.735. The van der Waals surface area contributed by atoms with E-state index in [-0.39, 0.29) is 0 Å². The molecule has 0 amide bonds. The Labute approximate surface area is 114 Å². The number of hydrogen-bond donors (Lipinski definition) is 1. The van der Waals surface area contributed by atoms with E-state index in [1.54, 1.807) is 29.8 Å². The van der Waals surface area contributed by atoms with E-state index < -0.39 is 0 Å². The molecular formula is C13H12N4OS. The molecule has 0 saturated carbocycles. The SMILES string of the molecule is C=CCOc1scc(C)c1-c1nc2nccnc2[nH]1. The van der Waals surface area contributed by atoms with E-state index in [0.717, 1.165) is 22.0 Å². The number of fused-ring (bicyclic) bond motifs is 1. The fourth-order valence-electron chi connectivity index (χ4n) is 1.81. The molecule has 0 atom stereocenters. The third-order valence-corrected chi connectivity index (χ3v) is 3.65. The Balaban J connectivity index is 2.09. The van der Waals surface area contributed by atoms with Crippen LogP contribution in [0.2, 0.25) is 0 Å². The maximum absolute atomic E-state index is 5.66. The van der Waals surface area contributed by atoms with Crippen LogP contribution in [0.5, 0.6) is 5.06 Å². The summed E-state index contributed by atoms with van der Waals surface area (Å²) in [5.41, 5.74) is 3.37. The van der Waals surface area contributed by atoms with Crippen molar-refractivity contribution in [1.29, 1.82) is 0 Å². The molecule has 3 rings (SSSR count).